The van der Waals surface area contributed by atoms with Crippen molar-refractivity contribution in [2.24, 2.45) is 5.92 Å². The van der Waals surface area contributed by atoms with Gasteiger partial charge in [-0.2, -0.15) is 27.0 Å². The average Bonchev–Trinajstić information content (AvgIpc) is 3.02. The molecule has 2 fully saturated rings. The number of ether oxygens (including phenoxy) is 2. The lowest BCUT2D eigenvalue weighted by Crippen LogP contribution is -2.45. The lowest BCUT2D eigenvalue weighted by molar-refractivity contribution is -0.0298. The molecule has 1 aliphatic carbocycles. The van der Waals surface area contributed by atoms with Gasteiger partial charge in [0.25, 0.3) is 0 Å². The van der Waals surface area contributed by atoms with Crippen LogP contribution in [0.15, 0.2) is 18.2 Å². The van der Waals surface area contributed by atoms with Crippen LogP contribution in [0.3, 0.4) is 0 Å². The van der Waals surface area contributed by atoms with Crippen LogP contribution in [-0.4, -0.2) is 43.9 Å². The van der Waals surface area contributed by atoms with E-state index in [9.17, 15) is 0 Å². The Bertz CT molecular complexity index is 541. The Balaban J connectivity index is 0.00000169. The first-order chi connectivity index (χ1) is 11.7. The van der Waals surface area contributed by atoms with Gasteiger partial charge in [-0.15, -0.1) is 0 Å². The normalized spacial score (nSPS) is 26.0. The number of hydrogen-bond acceptors (Lipinski definition) is 3. The summed E-state index contributed by atoms with van der Waals surface area (Å²) >= 11 is 0. The van der Waals surface area contributed by atoms with Gasteiger partial charge in [0, 0.05) is 12.6 Å². The van der Waals surface area contributed by atoms with E-state index in [0.717, 1.165) is 24.7 Å². The Kier molecular flexibility index (Phi) is 10.5. The van der Waals surface area contributed by atoms with Gasteiger partial charge in [0.05, 0.1) is 19.8 Å². The van der Waals surface area contributed by atoms with Crippen LogP contribution in [0.1, 0.15) is 50.2 Å². The zero-order valence-electron chi connectivity index (χ0n) is 16.6. The predicted octanol–water partition coefficient (Wildman–Crippen LogP) is 4.44. The maximum Gasteiger partial charge on any atom is 0.121 e. The highest BCUT2D eigenvalue weighted by atomic mass is 32.1. The van der Waals surface area contributed by atoms with Crippen molar-refractivity contribution in [2.75, 3.05) is 26.8 Å². The van der Waals surface area contributed by atoms with E-state index < -0.39 is 0 Å². The first-order valence-electron chi connectivity index (χ1n) is 9.66. The van der Waals surface area contributed by atoms with Crippen LogP contribution in [-0.2, 0) is 11.2 Å². The molecule has 2 aliphatic rings. The van der Waals surface area contributed by atoms with Crippen molar-refractivity contribution >= 4 is 27.0 Å². The van der Waals surface area contributed by atoms with E-state index in [1.54, 1.807) is 7.11 Å². The summed E-state index contributed by atoms with van der Waals surface area (Å²) in [6.45, 7) is 7.85. The summed E-state index contributed by atoms with van der Waals surface area (Å²) in [5.74, 6) is 1.82. The lowest BCUT2D eigenvalue weighted by Gasteiger charge is -2.38. The fourth-order valence-corrected chi connectivity index (χ4v) is 4.38. The molecule has 0 aromatic heterocycles. The molecule has 150 valence electrons. The van der Waals surface area contributed by atoms with Crippen molar-refractivity contribution in [1.82, 2.24) is 4.90 Å². The maximum atomic E-state index is 6.37. The third-order valence-electron chi connectivity index (χ3n) is 5.77. The van der Waals surface area contributed by atoms with Crippen molar-refractivity contribution in [3.63, 3.8) is 0 Å². The first kappa shape index (κ1) is 23.7. The fraction of sp³-hybridized carbons (Fsp3) is 0.714. The Morgan fingerprint density at radius 2 is 1.88 bits per heavy atom. The molecule has 0 radical (unpaired) electrons. The lowest BCUT2D eigenvalue weighted by atomic mass is 9.91. The molecule has 3 rings (SSSR count). The number of methoxy groups -OCH3 is 1. The van der Waals surface area contributed by atoms with Crippen LogP contribution < -0.4 is 4.74 Å². The van der Waals surface area contributed by atoms with Crippen LogP contribution in [0.25, 0.3) is 0 Å². The second kappa shape index (κ2) is 11.5. The van der Waals surface area contributed by atoms with Gasteiger partial charge in [-0.05, 0) is 62.3 Å². The molecule has 1 aromatic rings. The maximum absolute atomic E-state index is 6.37. The minimum atomic E-state index is 0. The van der Waals surface area contributed by atoms with Crippen molar-refractivity contribution in [3.8, 4) is 5.75 Å². The van der Waals surface area contributed by atoms with E-state index in [1.807, 2.05) is 0 Å². The predicted molar refractivity (Wildman–Crippen MR) is 120 cm³/mol. The smallest absolute Gasteiger partial charge is 0.121 e. The molecule has 3 nitrogen and oxygen atoms in total. The second-order valence-corrected chi connectivity index (χ2v) is 7.70. The first-order valence-corrected chi connectivity index (χ1v) is 9.66. The summed E-state index contributed by atoms with van der Waals surface area (Å²) in [5, 5.41) is 0. The SMILES string of the molecule is COc1ccc(CCO[C@H]2CCCC[C@@H]2N2CC[C@@H](C)C2)cc1C.S.S. The average molecular weight is 400 g/mol. The monoisotopic (exact) mass is 399 g/mol. The molecule has 0 unspecified atom stereocenters. The van der Waals surface area contributed by atoms with Gasteiger partial charge in [-0.3, -0.25) is 4.90 Å². The number of benzene rings is 1. The van der Waals surface area contributed by atoms with E-state index >= 15 is 0 Å². The summed E-state index contributed by atoms with van der Waals surface area (Å²) in [4.78, 5) is 2.70. The molecule has 1 aromatic carbocycles. The molecule has 1 aliphatic heterocycles. The number of aryl methyl sites for hydroxylation is 1. The van der Waals surface area contributed by atoms with Gasteiger partial charge >= 0.3 is 0 Å². The van der Waals surface area contributed by atoms with Crippen LogP contribution in [0.5, 0.6) is 5.75 Å². The van der Waals surface area contributed by atoms with E-state index in [2.05, 4.69) is 36.9 Å². The van der Waals surface area contributed by atoms with E-state index in [0.29, 0.717) is 12.1 Å². The molecule has 26 heavy (non-hydrogen) atoms. The third kappa shape index (κ3) is 6.08. The highest BCUT2D eigenvalue weighted by Gasteiger charge is 2.33. The van der Waals surface area contributed by atoms with Crippen LogP contribution in [0.4, 0.5) is 0 Å². The molecule has 1 heterocycles. The molecule has 1 saturated carbocycles. The van der Waals surface area contributed by atoms with Crippen molar-refractivity contribution in [1.29, 1.82) is 0 Å². The van der Waals surface area contributed by atoms with Crippen molar-refractivity contribution in [3.05, 3.63) is 29.3 Å². The zero-order chi connectivity index (χ0) is 16.9. The summed E-state index contributed by atoms with van der Waals surface area (Å²) < 4.78 is 11.7. The summed E-state index contributed by atoms with van der Waals surface area (Å²) in [5.41, 5.74) is 2.55. The van der Waals surface area contributed by atoms with Gasteiger partial charge in [-0.25, -0.2) is 0 Å². The standard InChI is InChI=1S/C21H33NO2.2H2S/c1-16-10-12-22(15-16)19-6-4-5-7-21(19)24-13-11-18-8-9-20(23-3)17(2)14-18;;/h8-9,14,16,19,21H,4-7,10-13,15H2,1-3H3;2*1H2/t16-,19+,21+;;/m1../s1. The Labute approximate surface area is 173 Å². The minimum absolute atomic E-state index is 0. The van der Waals surface area contributed by atoms with Gasteiger partial charge in [0.2, 0.25) is 0 Å². The largest absolute Gasteiger partial charge is 0.496 e. The number of hydrogen-bond donors (Lipinski definition) is 0. The third-order valence-corrected chi connectivity index (χ3v) is 5.77. The molecule has 1 saturated heterocycles. The molecular formula is C21H37NO2S2. The quantitative estimate of drug-likeness (QED) is 0.706. The minimum Gasteiger partial charge on any atom is -0.496 e. The summed E-state index contributed by atoms with van der Waals surface area (Å²) in [7, 11) is 1.73. The van der Waals surface area contributed by atoms with Gasteiger partial charge in [-0.1, -0.05) is 31.9 Å². The molecule has 3 atom stereocenters. The van der Waals surface area contributed by atoms with Crippen LogP contribution in [0.2, 0.25) is 0 Å². The van der Waals surface area contributed by atoms with Gasteiger partial charge in [0.15, 0.2) is 0 Å². The number of rotatable bonds is 6. The summed E-state index contributed by atoms with van der Waals surface area (Å²) in [6, 6.07) is 7.11. The Morgan fingerprint density at radius 3 is 2.54 bits per heavy atom. The van der Waals surface area contributed by atoms with Crippen molar-refractivity contribution in [2.45, 2.75) is 64.5 Å². The number of likely N-dealkylation sites (tertiary alicyclic amines) is 1. The van der Waals surface area contributed by atoms with E-state index in [1.165, 1.54) is 56.3 Å². The molecule has 0 spiro atoms. The summed E-state index contributed by atoms with van der Waals surface area (Å²) in [6.07, 6.45) is 8.03. The van der Waals surface area contributed by atoms with E-state index in [4.69, 9.17) is 9.47 Å². The van der Waals surface area contributed by atoms with Crippen LogP contribution >= 0.6 is 27.0 Å². The molecule has 0 bridgehead atoms. The molecular weight excluding hydrogens is 362 g/mol. The van der Waals surface area contributed by atoms with Crippen LogP contribution in [0, 0.1) is 12.8 Å². The fourth-order valence-electron chi connectivity index (χ4n) is 4.38. The molecule has 0 N–H and O–H groups in total. The van der Waals surface area contributed by atoms with E-state index in [-0.39, 0.29) is 27.0 Å². The highest BCUT2D eigenvalue weighted by Crippen LogP contribution is 2.30. The van der Waals surface area contributed by atoms with Crippen molar-refractivity contribution < 1.29 is 9.47 Å². The highest BCUT2D eigenvalue weighted by molar-refractivity contribution is 7.59. The second-order valence-electron chi connectivity index (χ2n) is 7.70. The molecule has 5 heteroatoms. The van der Waals surface area contributed by atoms with Gasteiger partial charge in [0.1, 0.15) is 5.75 Å². The Hall–Kier alpha value is -0.360. The topological polar surface area (TPSA) is 21.7 Å². The Morgan fingerprint density at radius 1 is 1.12 bits per heavy atom. The van der Waals surface area contributed by atoms with Gasteiger partial charge < -0.3 is 9.47 Å². The number of nitrogens with zero attached hydrogens (tertiary/aromatic N) is 1. The zero-order valence-corrected chi connectivity index (χ0v) is 18.6. The molecule has 0 amide bonds.